The quantitative estimate of drug-likeness (QED) is 0.506. The van der Waals surface area contributed by atoms with Gasteiger partial charge >= 0.3 is 6.18 Å². The van der Waals surface area contributed by atoms with Gasteiger partial charge in [0.25, 0.3) is 0 Å². The zero-order chi connectivity index (χ0) is 21.5. The fourth-order valence-electron chi connectivity index (χ4n) is 4.34. The van der Waals surface area contributed by atoms with E-state index in [-0.39, 0.29) is 18.5 Å². The molecule has 30 heavy (non-hydrogen) atoms. The summed E-state index contributed by atoms with van der Waals surface area (Å²) in [6.07, 6.45) is 2.52. The first-order valence-corrected chi connectivity index (χ1v) is 10.2. The molecule has 164 valence electrons. The molecule has 1 fully saturated rings. The van der Waals surface area contributed by atoms with Gasteiger partial charge in [0.1, 0.15) is 12.0 Å². The first kappa shape index (κ1) is 21.1. The molecule has 1 saturated carbocycles. The molecule has 2 aliphatic carbocycles. The molecule has 1 aliphatic heterocycles. The molecule has 0 amide bonds. The van der Waals surface area contributed by atoms with Crippen molar-refractivity contribution in [3.05, 3.63) is 35.1 Å². The molecular formula is C20H27F3N6O. The third-order valence-corrected chi connectivity index (χ3v) is 5.98. The first-order chi connectivity index (χ1) is 14.1. The number of nitrogens with zero attached hydrogens (tertiary/aromatic N) is 2. The minimum Gasteiger partial charge on any atom is -0.374 e. The van der Waals surface area contributed by atoms with Crippen molar-refractivity contribution in [1.29, 1.82) is 0 Å². The minimum atomic E-state index is -4.40. The van der Waals surface area contributed by atoms with Gasteiger partial charge in [-0.2, -0.15) is 18.2 Å². The number of fused-ring (bicyclic) bond motifs is 1. The Balaban J connectivity index is 1.61. The number of allylic oxidation sites excluding steroid dienone is 2. The number of alkyl halides is 3. The van der Waals surface area contributed by atoms with Gasteiger partial charge in [-0.15, -0.1) is 0 Å². The second-order valence-electron chi connectivity index (χ2n) is 8.51. The maximum atomic E-state index is 13.2. The van der Waals surface area contributed by atoms with E-state index in [1.54, 1.807) is 13.0 Å². The normalized spacial score (nSPS) is 31.3. The van der Waals surface area contributed by atoms with E-state index in [4.69, 9.17) is 5.73 Å². The minimum absolute atomic E-state index is 0.00555. The Morgan fingerprint density at radius 2 is 2.03 bits per heavy atom. The van der Waals surface area contributed by atoms with Crippen LogP contribution in [0.2, 0.25) is 0 Å². The van der Waals surface area contributed by atoms with Crippen LogP contribution in [0.3, 0.4) is 0 Å². The predicted octanol–water partition coefficient (Wildman–Crippen LogP) is 2.87. The average Bonchev–Trinajstić information content (AvgIpc) is 3.04. The Morgan fingerprint density at radius 3 is 2.77 bits per heavy atom. The van der Waals surface area contributed by atoms with Crippen LogP contribution in [0.25, 0.3) is 0 Å². The monoisotopic (exact) mass is 424 g/mol. The molecule has 0 saturated heterocycles. The van der Waals surface area contributed by atoms with Crippen LogP contribution < -0.4 is 21.7 Å². The van der Waals surface area contributed by atoms with Gasteiger partial charge in [0.15, 0.2) is 0 Å². The predicted molar refractivity (Wildman–Crippen MR) is 108 cm³/mol. The Labute approximate surface area is 173 Å². The smallest absolute Gasteiger partial charge is 0.374 e. The molecule has 2 heterocycles. The van der Waals surface area contributed by atoms with Gasteiger partial charge < -0.3 is 21.5 Å². The van der Waals surface area contributed by atoms with E-state index in [0.717, 1.165) is 31.8 Å². The number of halogens is 3. The molecule has 6 N–H and O–H groups in total. The number of aliphatic hydroxyl groups excluding tert-OH is 1. The molecule has 1 aromatic heterocycles. The molecular weight excluding hydrogens is 397 g/mol. The summed E-state index contributed by atoms with van der Waals surface area (Å²) in [6, 6.07) is 0.0304. The van der Waals surface area contributed by atoms with Crippen molar-refractivity contribution in [3.8, 4) is 0 Å². The van der Waals surface area contributed by atoms with Gasteiger partial charge in [-0.3, -0.25) is 5.32 Å². The molecule has 7 nitrogen and oxygen atoms in total. The molecule has 0 aromatic carbocycles. The van der Waals surface area contributed by atoms with Crippen LogP contribution in [0.15, 0.2) is 23.8 Å². The summed E-state index contributed by atoms with van der Waals surface area (Å²) in [4.78, 5) is 9.04. The standard InChI is InChI=1S/C20H27F3N6O/c1-19(8-4-5-11(9-19)20(21,22)23)29-16-15-14(10-25-17(15)30)27-18(28-16)26-13-7-3-2-6-12(13)24/h4-5,8,12-13,17,25,30H,2-3,6-7,9-10,24H2,1H3,(H2,26,27,28,29)/t12-,13+,17?,19?/m0/s1. The summed E-state index contributed by atoms with van der Waals surface area (Å²) < 4.78 is 39.7. The lowest BCUT2D eigenvalue weighted by atomic mass is 9.87. The van der Waals surface area contributed by atoms with Crippen molar-refractivity contribution in [1.82, 2.24) is 15.3 Å². The zero-order valence-electron chi connectivity index (χ0n) is 16.8. The van der Waals surface area contributed by atoms with Crippen molar-refractivity contribution >= 4 is 11.8 Å². The molecule has 1 aromatic rings. The van der Waals surface area contributed by atoms with Crippen LogP contribution in [0.5, 0.6) is 0 Å². The first-order valence-electron chi connectivity index (χ1n) is 10.2. The summed E-state index contributed by atoms with van der Waals surface area (Å²) in [7, 11) is 0. The summed E-state index contributed by atoms with van der Waals surface area (Å²) >= 11 is 0. The largest absolute Gasteiger partial charge is 0.412 e. The van der Waals surface area contributed by atoms with Gasteiger partial charge in [-0.1, -0.05) is 31.1 Å². The number of anilines is 2. The number of nitrogens with two attached hydrogens (primary N) is 1. The SMILES string of the molecule is CC1(Nc2nc(N[C@@H]3CCCC[C@@H]3N)nc3c2C(O)NC3)C=CC=C(C(F)(F)F)C1. The second kappa shape index (κ2) is 7.82. The van der Waals surface area contributed by atoms with Crippen LogP contribution in [0, 0.1) is 0 Å². The third-order valence-electron chi connectivity index (χ3n) is 5.98. The van der Waals surface area contributed by atoms with Crippen molar-refractivity contribution in [2.24, 2.45) is 5.73 Å². The van der Waals surface area contributed by atoms with Crippen molar-refractivity contribution in [2.45, 2.75) is 75.6 Å². The number of aromatic nitrogens is 2. The van der Waals surface area contributed by atoms with Gasteiger partial charge in [0, 0.05) is 30.6 Å². The molecule has 0 bridgehead atoms. The number of rotatable bonds is 4. The van der Waals surface area contributed by atoms with E-state index in [2.05, 4.69) is 25.9 Å². The van der Waals surface area contributed by atoms with Crippen LogP contribution in [-0.2, 0) is 6.54 Å². The topological polar surface area (TPSA) is 108 Å². The number of hydrogen-bond acceptors (Lipinski definition) is 7. The zero-order valence-corrected chi connectivity index (χ0v) is 16.8. The van der Waals surface area contributed by atoms with E-state index >= 15 is 0 Å². The Kier molecular flexibility index (Phi) is 5.50. The highest BCUT2D eigenvalue weighted by Gasteiger charge is 2.40. The number of hydrogen-bond donors (Lipinski definition) is 5. The molecule has 4 atom stereocenters. The number of nitrogens with one attached hydrogen (secondary N) is 3. The van der Waals surface area contributed by atoms with E-state index < -0.39 is 23.5 Å². The summed E-state index contributed by atoms with van der Waals surface area (Å²) in [6.45, 7) is 2.02. The molecule has 0 radical (unpaired) electrons. The fraction of sp³-hybridized carbons (Fsp3) is 0.600. The van der Waals surface area contributed by atoms with Crippen LogP contribution >= 0.6 is 0 Å². The van der Waals surface area contributed by atoms with Crippen molar-refractivity contribution in [3.63, 3.8) is 0 Å². The third kappa shape index (κ3) is 4.30. The molecule has 4 rings (SSSR count). The maximum Gasteiger partial charge on any atom is 0.412 e. The lowest BCUT2D eigenvalue weighted by molar-refractivity contribution is -0.0951. The Hall–Kier alpha value is -2.17. The van der Waals surface area contributed by atoms with Gasteiger partial charge in [-0.25, -0.2) is 4.98 Å². The van der Waals surface area contributed by atoms with E-state index in [9.17, 15) is 18.3 Å². The second-order valence-corrected chi connectivity index (χ2v) is 8.51. The summed E-state index contributed by atoms with van der Waals surface area (Å²) in [5.74, 6) is 0.685. The highest BCUT2D eigenvalue weighted by atomic mass is 19.4. The van der Waals surface area contributed by atoms with Gasteiger partial charge in [-0.05, 0) is 19.8 Å². The summed E-state index contributed by atoms with van der Waals surface area (Å²) in [5, 5.41) is 19.7. The molecule has 3 aliphatic rings. The lowest BCUT2D eigenvalue weighted by Crippen LogP contribution is -2.43. The maximum absolute atomic E-state index is 13.2. The molecule has 10 heteroatoms. The van der Waals surface area contributed by atoms with Crippen LogP contribution in [0.4, 0.5) is 24.9 Å². The average molecular weight is 424 g/mol. The number of aliphatic hydroxyl groups is 1. The van der Waals surface area contributed by atoms with Gasteiger partial charge in [0.05, 0.1) is 16.8 Å². The van der Waals surface area contributed by atoms with Gasteiger partial charge in [0.2, 0.25) is 5.95 Å². The fourth-order valence-corrected chi connectivity index (χ4v) is 4.34. The van der Waals surface area contributed by atoms with Crippen LogP contribution in [-0.4, -0.2) is 38.9 Å². The van der Waals surface area contributed by atoms with E-state index in [0.29, 0.717) is 29.6 Å². The highest BCUT2D eigenvalue weighted by Crippen LogP contribution is 2.38. The summed E-state index contributed by atoms with van der Waals surface area (Å²) in [5.41, 5.74) is 5.67. The van der Waals surface area contributed by atoms with E-state index in [1.165, 1.54) is 6.08 Å². The molecule has 0 spiro atoms. The Morgan fingerprint density at radius 1 is 1.27 bits per heavy atom. The lowest BCUT2D eigenvalue weighted by Gasteiger charge is -2.33. The van der Waals surface area contributed by atoms with Crippen molar-refractivity contribution in [2.75, 3.05) is 10.6 Å². The van der Waals surface area contributed by atoms with E-state index in [1.807, 2.05) is 0 Å². The highest BCUT2D eigenvalue weighted by molar-refractivity contribution is 5.56. The Bertz CT molecular complexity index is 871. The molecule has 2 unspecified atom stereocenters. The van der Waals surface area contributed by atoms with Crippen molar-refractivity contribution < 1.29 is 18.3 Å². The van der Waals surface area contributed by atoms with Crippen LogP contribution in [0.1, 0.15) is 56.5 Å².